The normalized spacial score (nSPS) is 12.6. The zero-order valence-electron chi connectivity index (χ0n) is 12.4. The summed E-state index contributed by atoms with van der Waals surface area (Å²) in [7, 11) is 0. The second-order valence-electron chi connectivity index (χ2n) is 4.97. The fraction of sp³-hybridized carbons (Fsp3) is 0.438. The molecule has 1 unspecified atom stereocenters. The summed E-state index contributed by atoms with van der Waals surface area (Å²) in [4.78, 5) is 0. The highest BCUT2D eigenvalue weighted by atomic mass is 35.5. The van der Waals surface area contributed by atoms with Crippen molar-refractivity contribution in [3.05, 3.63) is 52.3 Å². The van der Waals surface area contributed by atoms with E-state index in [2.05, 4.69) is 47.1 Å². The van der Waals surface area contributed by atoms with Crippen LogP contribution < -0.4 is 5.32 Å². The van der Waals surface area contributed by atoms with Gasteiger partial charge in [-0.05, 0) is 50.6 Å². The van der Waals surface area contributed by atoms with E-state index >= 15 is 0 Å². The largest absolute Gasteiger partial charge is 0.305 e. The summed E-state index contributed by atoms with van der Waals surface area (Å²) in [6.45, 7) is 8.18. The third-order valence-corrected chi connectivity index (χ3v) is 3.58. The molecule has 4 heteroatoms. The number of aromatic nitrogens is 2. The monoisotopic (exact) mass is 291 g/mol. The van der Waals surface area contributed by atoms with E-state index in [-0.39, 0.29) is 6.04 Å². The van der Waals surface area contributed by atoms with E-state index < -0.39 is 0 Å². The second-order valence-corrected chi connectivity index (χ2v) is 5.40. The topological polar surface area (TPSA) is 29.9 Å². The first-order chi connectivity index (χ1) is 9.65. The van der Waals surface area contributed by atoms with Crippen molar-refractivity contribution in [2.75, 3.05) is 6.54 Å². The van der Waals surface area contributed by atoms with Crippen LogP contribution in [0, 0.1) is 6.92 Å². The molecule has 108 valence electrons. The number of benzene rings is 1. The Morgan fingerprint density at radius 1 is 1.25 bits per heavy atom. The number of hydrogen-bond acceptors (Lipinski definition) is 2. The van der Waals surface area contributed by atoms with Gasteiger partial charge in [0.2, 0.25) is 0 Å². The Kier molecular flexibility index (Phi) is 5.21. The minimum absolute atomic E-state index is 0.161. The Morgan fingerprint density at radius 3 is 2.55 bits per heavy atom. The lowest BCUT2D eigenvalue weighted by molar-refractivity contribution is 0.529. The number of halogens is 1. The van der Waals surface area contributed by atoms with Gasteiger partial charge in [0.1, 0.15) is 0 Å². The molecular weight excluding hydrogens is 270 g/mol. The maximum absolute atomic E-state index is 5.99. The summed E-state index contributed by atoms with van der Waals surface area (Å²) in [6.07, 6.45) is 1.10. The lowest BCUT2D eigenvalue weighted by atomic mass is 10.0. The molecule has 1 heterocycles. The second kappa shape index (κ2) is 6.91. The fourth-order valence-electron chi connectivity index (χ4n) is 2.39. The molecular formula is C16H22ClN3. The van der Waals surface area contributed by atoms with Crippen LogP contribution in [0.2, 0.25) is 5.02 Å². The molecule has 0 aliphatic carbocycles. The van der Waals surface area contributed by atoms with Gasteiger partial charge in [0.25, 0.3) is 0 Å². The molecule has 2 rings (SSSR count). The molecule has 0 aliphatic heterocycles. The van der Waals surface area contributed by atoms with E-state index in [1.165, 1.54) is 11.3 Å². The Labute approximate surface area is 126 Å². The number of aryl methyl sites for hydroxylation is 2. The van der Waals surface area contributed by atoms with E-state index in [9.17, 15) is 0 Å². The first-order valence-corrected chi connectivity index (χ1v) is 7.56. The third kappa shape index (κ3) is 3.41. The zero-order chi connectivity index (χ0) is 14.5. The van der Waals surface area contributed by atoms with Crippen molar-refractivity contribution in [3.63, 3.8) is 0 Å². The highest BCUT2D eigenvalue weighted by Gasteiger charge is 2.18. The SMILES string of the molecule is CCCNC(c1ccc(Cl)cc1)c1cc(C)nn1CC. The minimum Gasteiger partial charge on any atom is -0.305 e. The van der Waals surface area contributed by atoms with Gasteiger partial charge in [0.05, 0.1) is 17.4 Å². The quantitative estimate of drug-likeness (QED) is 0.873. The highest BCUT2D eigenvalue weighted by molar-refractivity contribution is 6.30. The Bertz CT molecular complexity index is 545. The van der Waals surface area contributed by atoms with Crippen LogP contribution in [0.3, 0.4) is 0 Å². The number of hydrogen-bond donors (Lipinski definition) is 1. The molecule has 0 saturated heterocycles. The smallest absolute Gasteiger partial charge is 0.0748 e. The summed E-state index contributed by atoms with van der Waals surface area (Å²) in [6, 6.07) is 10.4. The van der Waals surface area contributed by atoms with Gasteiger partial charge >= 0.3 is 0 Å². The lowest BCUT2D eigenvalue weighted by Gasteiger charge is -2.20. The fourth-order valence-corrected chi connectivity index (χ4v) is 2.51. The van der Waals surface area contributed by atoms with Crippen LogP contribution in [-0.2, 0) is 6.54 Å². The molecule has 0 fully saturated rings. The van der Waals surface area contributed by atoms with Gasteiger partial charge < -0.3 is 5.32 Å². The van der Waals surface area contributed by atoms with Gasteiger partial charge in [-0.2, -0.15) is 5.10 Å². The van der Waals surface area contributed by atoms with E-state index in [4.69, 9.17) is 11.6 Å². The predicted molar refractivity (Wildman–Crippen MR) is 84.2 cm³/mol. The van der Waals surface area contributed by atoms with E-state index in [1.807, 2.05) is 19.1 Å². The van der Waals surface area contributed by atoms with Gasteiger partial charge in [-0.25, -0.2) is 0 Å². The summed E-state index contributed by atoms with van der Waals surface area (Å²) < 4.78 is 2.07. The Hall–Kier alpha value is -1.32. The highest BCUT2D eigenvalue weighted by Crippen LogP contribution is 2.24. The molecule has 1 atom stereocenters. The maximum Gasteiger partial charge on any atom is 0.0748 e. The minimum atomic E-state index is 0.161. The lowest BCUT2D eigenvalue weighted by Crippen LogP contribution is -2.25. The van der Waals surface area contributed by atoms with Crippen LogP contribution in [0.4, 0.5) is 0 Å². The summed E-state index contributed by atoms with van der Waals surface area (Å²) in [5, 5.41) is 8.92. The van der Waals surface area contributed by atoms with Crippen molar-refractivity contribution >= 4 is 11.6 Å². The van der Waals surface area contributed by atoms with E-state index in [1.54, 1.807) is 0 Å². The molecule has 0 amide bonds. The average Bonchev–Trinajstić information content (AvgIpc) is 2.82. The number of nitrogens with one attached hydrogen (secondary N) is 1. The molecule has 0 spiro atoms. The van der Waals surface area contributed by atoms with Crippen molar-refractivity contribution in [2.24, 2.45) is 0 Å². The molecule has 1 aromatic carbocycles. The molecule has 0 aliphatic rings. The molecule has 2 aromatic rings. The molecule has 1 N–H and O–H groups in total. The first-order valence-electron chi connectivity index (χ1n) is 7.18. The molecule has 3 nitrogen and oxygen atoms in total. The van der Waals surface area contributed by atoms with Crippen LogP contribution in [0.1, 0.15) is 43.3 Å². The van der Waals surface area contributed by atoms with Crippen LogP contribution in [-0.4, -0.2) is 16.3 Å². The summed E-state index contributed by atoms with van der Waals surface area (Å²) >= 11 is 5.99. The first kappa shape index (κ1) is 15.1. The van der Waals surface area contributed by atoms with Gasteiger partial charge in [-0.15, -0.1) is 0 Å². The van der Waals surface area contributed by atoms with Crippen LogP contribution >= 0.6 is 11.6 Å². The number of nitrogens with zero attached hydrogens (tertiary/aromatic N) is 2. The molecule has 1 aromatic heterocycles. The maximum atomic E-state index is 5.99. The van der Waals surface area contributed by atoms with Gasteiger partial charge in [-0.1, -0.05) is 30.7 Å². The summed E-state index contributed by atoms with van der Waals surface area (Å²) in [5.74, 6) is 0. The average molecular weight is 292 g/mol. The zero-order valence-corrected chi connectivity index (χ0v) is 13.1. The van der Waals surface area contributed by atoms with Gasteiger partial charge in [-0.3, -0.25) is 4.68 Å². The van der Waals surface area contributed by atoms with Crippen molar-refractivity contribution in [1.82, 2.24) is 15.1 Å². The van der Waals surface area contributed by atoms with Crippen molar-refractivity contribution in [3.8, 4) is 0 Å². The van der Waals surface area contributed by atoms with Crippen molar-refractivity contribution in [2.45, 2.75) is 39.8 Å². The molecule has 0 saturated carbocycles. The molecule has 0 radical (unpaired) electrons. The van der Waals surface area contributed by atoms with Crippen LogP contribution in [0.5, 0.6) is 0 Å². The van der Waals surface area contributed by atoms with Gasteiger partial charge in [0, 0.05) is 11.6 Å². The van der Waals surface area contributed by atoms with E-state index in [0.29, 0.717) is 0 Å². The Balaban J connectivity index is 2.38. The van der Waals surface area contributed by atoms with E-state index in [0.717, 1.165) is 30.2 Å². The summed E-state index contributed by atoms with van der Waals surface area (Å²) in [5.41, 5.74) is 3.48. The van der Waals surface area contributed by atoms with Gasteiger partial charge in [0.15, 0.2) is 0 Å². The predicted octanol–water partition coefficient (Wildman–Crippen LogP) is 3.95. The van der Waals surface area contributed by atoms with Crippen LogP contribution in [0.15, 0.2) is 30.3 Å². The van der Waals surface area contributed by atoms with Crippen molar-refractivity contribution in [1.29, 1.82) is 0 Å². The standard InChI is InChI=1S/C16H22ClN3/c1-4-10-18-16(13-6-8-14(17)9-7-13)15-11-12(3)19-20(15)5-2/h6-9,11,16,18H,4-5,10H2,1-3H3. The third-order valence-electron chi connectivity index (χ3n) is 3.33. The Morgan fingerprint density at radius 2 is 1.95 bits per heavy atom. The number of rotatable bonds is 6. The molecule has 20 heavy (non-hydrogen) atoms. The van der Waals surface area contributed by atoms with Crippen molar-refractivity contribution < 1.29 is 0 Å². The van der Waals surface area contributed by atoms with Crippen LogP contribution in [0.25, 0.3) is 0 Å². The molecule has 0 bridgehead atoms.